The fourth-order valence-electron chi connectivity index (χ4n) is 5.26. The third-order valence-electron chi connectivity index (χ3n) is 7.01. The van der Waals surface area contributed by atoms with Crippen molar-refractivity contribution in [1.29, 1.82) is 0 Å². The fraction of sp³-hybridized carbons (Fsp3) is 0.231. The first-order valence-electron chi connectivity index (χ1n) is 11.4. The Balaban J connectivity index is 1.26. The molecule has 1 fully saturated rings. The van der Waals surface area contributed by atoms with Gasteiger partial charge in [-0.3, -0.25) is 4.79 Å². The summed E-state index contributed by atoms with van der Waals surface area (Å²) in [6.45, 7) is 1.40. The first-order valence-corrected chi connectivity index (χ1v) is 11.4. The number of fused-ring (bicyclic) bond motifs is 3. The van der Waals surface area contributed by atoms with Crippen molar-refractivity contribution >= 4 is 34.2 Å². The number of benzene rings is 2. The topological polar surface area (TPSA) is 92.2 Å². The number of para-hydroxylation sites is 2. The van der Waals surface area contributed by atoms with Gasteiger partial charge in [0.1, 0.15) is 17.8 Å². The van der Waals surface area contributed by atoms with E-state index < -0.39 is 5.54 Å². The molecule has 0 radical (unpaired) electrons. The van der Waals surface area contributed by atoms with Crippen LogP contribution in [-0.2, 0) is 12.6 Å². The minimum absolute atomic E-state index is 0.117. The van der Waals surface area contributed by atoms with Crippen LogP contribution in [0.5, 0.6) is 0 Å². The lowest BCUT2D eigenvalue weighted by atomic mass is 9.79. The molecule has 2 amide bonds. The molecule has 2 aromatic heterocycles. The van der Waals surface area contributed by atoms with Crippen LogP contribution in [0.25, 0.3) is 10.9 Å². The Morgan fingerprint density at radius 2 is 1.79 bits per heavy atom. The van der Waals surface area contributed by atoms with Crippen LogP contribution in [0.15, 0.2) is 67.1 Å². The first kappa shape index (κ1) is 20.4. The number of piperidine rings is 1. The summed E-state index contributed by atoms with van der Waals surface area (Å²) in [6.07, 6.45) is 4.80. The van der Waals surface area contributed by atoms with Crippen molar-refractivity contribution in [3.63, 3.8) is 0 Å². The van der Waals surface area contributed by atoms with Gasteiger partial charge in [-0.1, -0.05) is 36.4 Å². The minimum Gasteiger partial charge on any atom is -0.356 e. The SMILES string of the molecule is Cn1cc(C(=O)c2cc(N3CCC4(CC3)NC(=O)Nc3ccccc34)ncn2)c2ccccc21. The molecule has 4 aromatic rings. The summed E-state index contributed by atoms with van der Waals surface area (Å²) in [4.78, 5) is 36.6. The van der Waals surface area contributed by atoms with Crippen LogP contribution in [0.2, 0.25) is 0 Å². The van der Waals surface area contributed by atoms with Gasteiger partial charge in [0.25, 0.3) is 0 Å². The number of urea groups is 1. The van der Waals surface area contributed by atoms with Crippen LogP contribution < -0.4 is 15.5 Å². The van der Waals surface area contributed by atoms with E-state index in [4.69, 9.17) is 0 Å². The highest BCUT2D eigenvalue weighted by atomic mass is 16.2. The van der Waals surface area contributed by atoms with Crippen LogP contribution in [0.1, 0.15) is 34.5 Å². The lowest BCUT2D eigenvalue weighted by Gasteiger charge is -2.45. The third-order valence-corrected chi connectivity index (χ3v) is 7.01. The van der Waals surface area contributed by atoms with Gasteiger partial charge in [0, 0.05) is 60.1 Å². The molecule has 2 aliphatic heterocycles. The molecular formula is C26H24N6O2. The van der Waals surface area contributed by atoms with Crippen molar-refractivity contribution in [2.45, 2.75) is 18.4 Å². The van der Waals surface area contributed by atoms with E-state index in [1.165, 1.54) is 6.33 Å². The quantitative estimate of drug-likeness (QED) is 0.461. The van der Waals surface area contributed by atoms with E-state index in [2.05, 4.69) is 31.6 Å². The zero-order valence-corrected chi connectivity index (χ0v) is 18.8. The van der Waals surface area contributed by atoms with E-state index in [0.717, 1.165) is 40.8 Å². The molecule has 2 aliphatic rings. The molecule has 34 heavy (non-hydrogen) atoms. The highest BCUT2D eigenvalue weighted by Gasteiger charge is 2.42. The van der Waals surface area contributed by atoms with E-state index in [1.807, 2.05) is 60.3 Å². The number of nitrogens with one attached hydrogen (secondary N) is 2. The van der Waals surface area contributed by atoms with Crippen LogP contribution in [0.4, 0.5) is 16.3 Å². The zero-order valence-electron chi connectivity index (χ0n) is 18.8. The van der Waals surface area contributed by atoms with Crippen molar-refractivity contribution < 1.29 is 9.59 Å². The molecule has 6 rings (SSSR count). The Kier molecular flexibility index (Phi) is 4.62. The molecule has 4 heterocycles. The van der Waals surface area contributed by atoms with Crippen molar-refractivity contribution in [3.05, 3.63) is 83.9 Å². The predicted octanol–water partition coefficient (Wildman–Crippen LogP) is 3.83. The van der Waals surface area contributed by atoms with Crippen molar-refractivity contribution in [2.24, 2.45) is 7.05 Å². The molecule has 170 valence electrons. The number of ketones is 1. The average Bonchev–Trinajstić information content (AvgIpc) is 3.21. The number of anilines is 2. The summed E-state index contributed by atoms with van der Waals surface area (Å²) in [5.41, 5.74) is 3.60. The van der Waals surface area contributed by atoms with Crippen molar-refractivity contribution in [2.75, 3.05) is 23.3 Å². The zero-order chi connectivity index (χ0) is 23.3. The maximum Gasteiger partial charge on any atom is 0.319 e. The van der Waals surface area contributed by atoms with Crippen LogP contribution in [0, 0.1) is 0 Å². The Labute approximate surface area is 196 Å². The molecule has 0 unspecified atom stereocenters. The lowest BCUT2D eigenvalue weighted by Crippen LogP contribution is -2.57. The molecule has 0 atom stereocenters. The Hall–Kier alpha value is -4.20. The number of aromatic nitrogens is 3. The van der Waals surface area contributed by atoms with E-state index in [0.29, 0.717) is 24.3 Å². The normalized spacial score (nSPS) is 16.7. The molecule has 8 heteroatoms. The Morgan fingerprint density at radius 1 is 1.03 bits per heavy atom. The van der Waals surface area contributed by atoms with Crippen molar-refractivity contribution in [1.82, 2.24) is 19.9 Å². The van der Waals surface area contributed by atoms with Crippen LogP contribution in [0.3, 0.4) is 0 Å². The molecule has 0 bridgehead atoms. The maximum atomic E-state index is 13.3. The van der Waals surface area contributed by atoms with E-state index >= 15 is 0 Å². The molecule has 2 N–H and O–H groups in total. The summed E-state index contributed by atoms with van der Waals surface area (Å²) in [5, 5.41) is 6.98. The van der Waals surface area contributed by atoms with Gasteiger partial charge in [-0.2, -0.15) is 0 Å². The van der Waals surface area contributed by atoms with E-state index in [1.54, 1.807) is 6.07 Å². The molecule has 0 aliphatic carbocycles. The first-order chi connectivity index (χ1) is 16.5. The van der Waals surface area contributed by atoms with Gasteiger partial charge in [0.15, 0.2) is 0 Å². The maximum absolute atomic E-state index is 13.3. The molecule has 2 aromatic carbocycles. The number of aryl methyl sites for hydroxylation is 1. The van der Waals surface area contributed by atoms with Gasteiger partial charge in [-0.05, 0) is 25.0 Å². The summed E-state index contributed by atoms with van der Waals surface area (Å²) in [7, 11) is 1.94. The monoisotopic (exact) mass is 452 g/mol. The molecule has 0 saturated carbocycles. The number of hydrogen-bond acceptors (Lipinski definition) is 5. The van der Waals surface area contributed by atoms with Gasteiger partial charge in [-0.25, -0.2) is 14.8 Å². The third kappa shape index (κ3) is 3.22. The fourth-order valence-corrected chi connectivity index (χ4v) is 5.26. The predicted molar refractivity (Wildman–Crippen MR) is 130 cm³/mol. The molecular weight excluding hydrogens is 428 g/mol. The standard InChI is InChI=1S/C26H24N6O2/c1-31-15-18(17-6-2-5-9-22(17)31)24(33)21-14-23(28-16-27-21)32-12-10-26(11-13-32)19-7-3-4-8-20(19)29-25(34)30-26/h2-9,14-16H,10-13H2,1H3,(H2,29,30,34). The average molecular weight is 453 g/mol. The number of carbonyl (C=O) groups is 2. The Bertz CT molecular complexity index is 1430. The summed E-state index contributed by atoms with van der Waals surface area (Å²) >= 11 is 0. The van der Waals surface area contributed by atoms with E-state index in [-0.39, 0.29) is 11.8 Å². The van der Waals surface area contributed by atoms with Crippen LogP contribution in [-0.4, -0.2) is 39.4 Å². The van der Waals surface area contributed by atoms with Crippen LogP contribution >= 0.6 is 0 Å². The number of hydrogen-bond donors (Lipinski definition) is 2. The molecule has 8 nitrogen and oxygen atoms in total. The second-order valence-corrected chi connectivity index (χ2v) is 8.96. The summed E-state index contributed by atoms with van der Waals surface area (Å²) in [6, 6.07) is 17.4. The number of amides is 2. The second kappa shape index (κ2) is 7.69. The minimum atomic E-state index is -0.399. The number of rotatable bonds is 3. The number of carbonyl (C=O) groups excluding carboxylic acids is 2. The van der Waals surface area contributed by atoms with E-state index in [9.17, 15) is 9.59 Å². The largest absolute Gasteiger partial charge is 0.356 e. The summed E-state index contributed by atoms with van der Waals surface area (Å²) < 4.78 is 1.96. The Morgan fingerprint density at radius 3 is 2.65 bits per heavy atom. The highest BCUT2D eigenvalue weighted by Crippen LogP contribution is 2.40. The van der Waals surface area contributed by atoms with Gasteiger partial charge >= 0.3 is 6.03 Å². The second-order valence-electron chi connectivity index (χ2n) is 8.96. The number of nitrogens with zero attached hydrogens (tertiary/aromatic N) is 4. The highest BCUT2D eigenvalue weighted by molar-refractivity contribution is 6.15. The summed E-state index contributed by atoms with van der Waals surface area (Å²) in [5.74, 6) is 0.607. The molecule has 1 spiro atoms. The van der Waals surface area contributed by atoms with Gasteiger partial charge in [0.2, 0.25) is 5.78 Å². The van der Waals surface area contributed by atoms with Gasteiger partial charge < -0.3 is 20.1 Å². The molecule has 1 saturated heterocycles. The van der Waals surface area contributed by atoms with Gasteiger partial charge in [0.05, 0.1) is 5.54 Å². The smallest absolute Gasteiger partial charge is 0.319 e. The van der Waals surface area contributed by atoms with Crippen molar-refractivity contribution in [3.8, 4) is 0 Å². The van der Waals surface area contributed by atoms with Gasteiger partial charge in [-0.15, -0.1) is 0 Å². The lowest BCUT2D eigenvalue weighted by molar-refractivity contribution is 0.103.